The van der Waals surface area contributed by atoms with Crippen LogP contribution in [0.1, 0.15) is 41.5 Å². The first-order valence-corrected chi connectivity index (χ1v) is 5.71. The van der Waals surface area contributed by atoms with Crippen molar-refractivity contribution in [2.75, 3.05) is 0 Å². The van der Waals surface area contributed by atoms with Crippen LogP contribution in [0.5, 0.6) is 0 Å². The summed E-state index contributed by atoms with van der Waals surface area (Å²) in [6.45, 7) is 20.5. The molecular formula is C11H26B2. The summed E-state index contributed by atoms with van der Waals surface area (Å²) in [6, 6.07) is 0. The normalized spacial score (nSPS) is 12.5. The van der Waals surface area contributed by atoms with Crippen LogP contribution in [0, 0.1) is 0 Å². The van der Waals surface area contributed by atoms with Gasteiger partial charge in [0.15, 0.2) is 0 Å². The molecule has 0 aliphatic carbocycles. The lowest BCUT2D eigenvalue weighted by Gasteiger charge is -2.38. The van der Waals surface area contributed by atoms with Crippen molar-refractivity contribution in [2.45, 2.75) is 72.0 Å². The molecule has 13 heavy (non-hydrogen) atoms. The zero-order valence-corrected chi connectivity index (χ0v) is 10.8. The monoisotopic (exact) mass is 180 g/mol. The molecule has 0 aromatic carbocycles. The highest BCUT2D eigenvalue weighted by Crippen LogP contribution is 2.40. The molecule has 0 unspecified atom stereocenters. The zero-order chi connectivity index (χ0) is 10.8. The lowest BCUT2D eigenvalue weighted by atomic mass is 9.11. The number of hydrogen-bond acceptors (Lipinski definition) is 0. The first kappa shape index (κ1) is 13.1. The van der Waals surface area contributed by atoms with Crippen molar-refractivity contribution in [3.05, 3.63) is 0 Å². The van der Waals surface area contributed by atoms with Crippen LogP contribution in [0.3, 0.4) is 0 Å². The summed E-state index contributed by atoms with van der Waals surface area (Å²) >= 11 is 0. The van der Waals surface area contributed by atoms with E-state index in [1.165, 1.54) is 0 Å². The summed E-state index contributed by atoms with van der Waals surface area (Å²) in [7, 11) is 0. The van der Waals surface area contributed by atoms with Crippen LogP contribution in [0.2, 0.25) is 30.5 Å². The Labute approximate surface area is 86.0 Å². The van der Waals surface area contributed by atoms with Crippen molar-refractivity contribution < 1.29 is 0 Å². The molecule has 0 aliphatic heterocycles. The third-order valence-corrected chi connectivity index (χ3v) is 4.35. The van der Waals surface area contributed by atoms with Crippen LogP contribution >= 0.6 is 0 Å². The van der Waals surface area contributed by atoms with Gasteiger partial charge < -0.3 is 0 Å². The maximum Gasteiger partial charge on any atom is 0.137 e. The summed E-state index contributed by atoms with van der Waals surface area (Å²) in [6.07, 6.45) is 0. The molecule has 0 heterocycles. The molecule has 0 spiro atoms. The van der Waals surface area contributed by atoms with Crippen molar-refractivity contribution in [2.24, 2.45) is 0 Å². The topological polar surface area (TPSA) is 0 Å². The minimum atomic E-state index is 0.461. The van der Waals surface area contributed by atoms with Gasteiger partial charge in [0.1, 0.15) is 13.4 Å². The molecule has 0 aromatic heterocycles. The molecule has 76 valence electrons. The van der Waals surface area contributed by atoms with E-state index < -0.39 is 0 Å². The predicted octanol–water partition coefficient (Wildman–Crippen LogP) is 4.38. The van der Waals surface area contributed by atoms with Crippen LogP contribution in [0.4, 0.5) is 0 Å². The molecule has 0 nitrogen and oxygen atoms in total. The molecule has 0 aliphatic rings. The molecule has 0 saturated heterocycles. The molecule has 0 aromatic rings. The lowest BCUT2D eigenvalue weighted by molar-refractivity contribution is 0.823. The van der Waals surface area contributed by atoms with Gasteiger partial charge in [-0.05, 0) is 0 Å². The Morgan fingerprint density at radius 2 is 1.00 bits per heavy atom. The summed E-state index contributed by atoms with van der Waals surface area (Å²) in [5.41, 5.74) is 0. The SMILES string of the molecule is CB(C(C)C)C(C)(C)B(C)C(C)C. The van der Waals surface area contributed by atoms with Crippen molar-refractivity contribution in [1.82, 2.24) is 0 Å². The third-order valence-electron chi connectivity index (χ3n) is 4.35. The average Bonchev–Trinajstić information content (AvgIpc) is 2.01. The molecule has 0 rings (SSSR count). The highest BCUT2D eigenvalue weighted by molar-refractivity contribution is 6.82. The van der Waals surface area contributed by atoms with Crippen LogP contribution in [0.25, 0.3) is 0 Å². The average molecular weight is 180 g/mol. The minimum absolute atomic E-state index is 0.461. The van der Waals surface area contributed by atoms with E-state index in [0.29, 0.717) is 5.21 Å². The van der Waals surface area contributed by atoms with Gasteiger partial charge in [0.05, 0.1) is 0 Å². The maximum atomic E-state index is 2.42. The van der Waals surface area contributed by atoms with Crippen molar-refractivity contribution in [3.8, 4) is 0 Å². The Bertz CT molecular complexity index is 134. The van der Waals surface area contributed by atoms with Crippen LogP contribution in [-0.4, -0.2) is 13.4 Å². The second-order valence-electron chi connectivity index (χ2n) is 5.89. The van der Waals surface area contributed by atoms with E-state index in [1.807, 2.05) is 0 Å². The Morgan fingerprint density at radius 3 is 1.15 bits per heavy atom. The molecule has 0 radical (unpaired) electrons. The number of rotatable bonds is 4. The van der Waals surface area contributed by atoms with Gasteiger partial charge in [-0.15, -0.1) is 0 Å². The second kappa shape index (κ2) is 4.57. The minimum Gasteiger partial charge on any atom is -0.0860 e. The van der Waals surface area contributed by atoms with Gasteiger partial charge in [-0.2, -0.15) is 0 Å². The van der Waals surface area contributed by atoms with Crippen molar-refractivity contribution in [1.29, 1.82) is 0 Å². The first-order valence-electron chi connectivity index (χ1n) is 5.71. The third kappa shape index (κ3) is 3.07. The summed E-state index contributed by atoms with van der Waals surface area (Å²) in [4.78, 5) is 0. The van der Waals surface area contributed by atoms with Crippen LogP contribution < -0.4 is 0 Å². The fourth-order valence-corrected chi connectivity index (χ4v) is 2.13. The Hall–Kier alpha value is 0.130. The molecule has 0 bridgehead atoms. The highest BCUT2D eigenvalue weighted by atomic mass is 14.1. The van der Waals surface area contributed by atoms with Crippen molar-refractivity contribution in [3.63, 3.8) is 0 Å². The standard InChI is InChI=1S/C11H26B2/c1-9(2)12(7)11(5,6)13(8)10(3)4/h9-10H,1-8H3. The fraction of sp³-hybridized carbons (Fsp3) is 1.00. The van der Waals surface area contributed by atoms with E-state index in [4.69, 9.17) is 0 Å². The predicted molar refractivity (Wildman–Crippen MR) is 67.5 cm³/mol. The van der Waals surface area contributed by atoms with Gasteiger partial charge in [-0.1, -0.05) is 72.0 Å². The van der Waals surface area contributed by atoms with E-state index in [9.17, 15) is 0 Å². The first-order chi connectivity index (χ1) is 5.71. The quantitative estimate of drug-likeness (QED) is 0.563. The molecule has 0 N–H and O–H groups in total. The van der Waals surface area contributed by atoms with E-state index in [2.05, 4.69) is 55.2 Å². The van der Waals surface area contributed by atoms with Gasteiger partial charge >= 0.3 is 0 Å². The van der Waals surface area contributed by atoms with Crippen molar-refractivity contribution >= 4 is 13.4 Å². The van der Waals surface area contributed by atoms with Gasteiger partial charge in [0.2, 0.25) is 0 Å². The van der Waals surface area contributed by atoms with Crippen LogP contribution in [-0.2, 0) is 0 Å². The summed E-state index contributed by atoms with van der Waals surface area (Å²) < 4.78 is 0. The summed E-state index contributed by atoms with van der Waals surface area (Å²) in [5.74, 6) is 1.58. The second-order valence-corrected chi connectivity index (χ2v) is 5.89. The Kier molecular flexibility index (Phi) is 4.62. The fourth-order valence-electron chi connectivity index (χ4n) is 2.13. The van der Waals surface area contributed by atoms with E-state index in [-0.39, 0.29) is 0 Å². The van der Waals surface area contributed by atoms with Gasteiger partial charge in [0.25, 0.3) is 0 Å². The van der Waals surface area contributed by atoms with E-state index in [0.717, 1.165) is 25.1 Å². The smallest absolute Gasteiger partial charge is 0.0860 e. The van der Waals surface area contributed by atoms with Gasteiger partial charge in [0, 0.05) is 0 Å². The van der Waals surface area contributed by atoms with Gasteiger partial charge in [-0.3, -0.25) is 0 Å². The number of hydrogen-bond donors (Lipinski definition) is 0. The summed E-state index contributed by atoms with van der Waals surface area (Å²) in [5, 5.41) is 0.461. The largest absolute Gasteiger partial charge is 0.137 e. The molecule has 0 atom stereocenters. The van der Waals surface area contributed by atoms with E-state index in [1.54, 1.807) is 0 Å². The Morgan fingerprint density at radius 1 is 0.769 bits per heavy atom. The maximum absolute atomic E-state index is 2.42. The zero-order valence-electron chi connectivity index (χ0n) is 10.8. The van der Waals surface area contributed by atoms with E-state index >= 15 is 0 Å². The molecule has 0 fully saturated rings. The Balaban J connectivity index is 4.54. The molecule has 0 amide bonds. The van der Waals surface area contributed by atoms with Crippen LogP contribution in [0.15, 0.2) is 0 Å². The highest BCUT2D eigenvalue weighted by Gasteiger charge is 2.38. The van der Waals surface area contributed by atoms with Gasteiger partial charge in [-0.25, -0.2) is 0 Å². The molecular weight excluding hydrogens is 154 g/mol. The molecule has 2 heteroatoms. The lowest BCUT2D eigenvalue weighted by Crippen LogP contribution is -2.40. The molecule has 0 saturated carbocycles.